The second kappa shape index (κ2) is 8.73. The minimum atomic E-state index is -0.0391. The maximum atomic E-state index is 12.6. The van der Waals surface area contributed by atoms with Crippen LogP contribution in [0, 0.1) is 0 Å². The Labute approximate surface area is 170 Å². The Morgan fingerprint density at radius 3 is 2.83 bits per heavy atom. The zero-order chi connectivity index (χ0) is 20.2. The number of hydrogen-bond acceptors (Lipinski definition) is 5. The molecule has 0 saturated carbocycles. The average Bonchev–Trinajstić information content (AvgIpc) is 3.37. The molecular weight excluding hydrogens is 372 g/mol. The first-order valence-corrected chi connectivity index (χ1v) is 10.1. The summed E-state index contributed by atoms with van der Waals surface area (Å²) in [5.41, 5.74) is 2.85. The van der Waals surface area contributed by atoms with Gasteiger partial charge in [0.1, 0.15) is 0 Å². The molecule has 1 unspecified atom stereocenters. The Bertz CT molecular complexity index is 860. The molecule has 1 aromatic carbocycles. The van der Waals surface area contributed by atoms with Crippen LogP contribution in [-0.4, -0.2) is 60.7 Å². The van der Waals surface area contributed by atoms with Gasteiger partial charge in [-0.05, 0) is 43.5 Å². The van der Waals surface area contributed by atoms with Crippen LogP contribution >= 0.6 is 0 Å². The fourth-order valence-electron chi connectivity index (χ4n) is 3.89. The van der Waals surface area contributed by atoms with Crippen LogP contribution in [0.3, 0.4) is 0 Å². The van der Waals surface area contributed by atoms with Gasteiger partial charge in [0.2, 0.25) is 0 Å². The van der Waals surface area contributed by atoms with Crippen LogP contribution in [0.15, 0.2) is 24.3 Å². The zero-order valence-corrected chi connectivity index (χ0v) is 17.0. The van der Waals surface area contributed by atoms with E-state index < -0.39 is 0 Å². The van der Waals surface area contributed by atoms with Gasteiger partial charge in [-0.2, -0.15) is 5.10 Å². The molecule has 0 spiro atoms. The number of carbonyl (C=O) groups excluding carboxylic acids is 1. The van der Waals surface area contributed by atoms with Crippen LogP contribution in [0.25, 0.3) is 11.3 Å². The van der Waals surface area contributed by atoms with E-state index in [1.165, 1.54) is 0 Å². The normalized spacial score (nSPS) is 18.8. The van der Waals surface area contributed by atoms with Crippen molar-refractivity contribution in [3.05, 3.63) is 30.0 Å². The molecule has 2 aliphatic rings. The molecule has 29 heavy (non-hydrogen) atoms. The molecule has 156 valence electrons. The second-order valence-electron chi connectivity index (χ2n) is 7.41. The van der Waals surface area contributed by atoms with Gasteiger partial charge in [-0.15, -0.1) is 0 Å². The Morgan fingerprint density at radius 2 is 2.07 bits per heavy atom. The van der Waals surface area contributed by atoms with Crippen LogP contribution in [0.5, 0.6) is 11.5 Å². The lowest BCUT2D eigenvalue weighted by molar-refractivity contribution is 0.108. The topological polar surface area (TPSA) is 77.9 Å². The lowest BCUT2D eigenvalue weighted by Gasteiger charge is -2.21. The summed E-state index contributed by atoms with van der Waals surface area (Å²) in [6.07, 6.45) is 3.10. The number of nitrogens with zero attached hydrogens (tertiary/aromatic N) is 3. The molecule has 2 amide bonds. The van der Waals surface area contributed by atoms with Crippen molar-refractivity contribution in [2.75, 3.05) is 33.9 Å². The van der Waals surface area contributed by atoms with Crippen molar-refractivity contribution in [3.8, 4) is 22.8 Å². The highest BCUT2D eigenvalue weighted by atomic mass is 16.5. The predicted molar refractivity (Wildman–Crippen MR) is 108 cm³/mol. The molecule has 1 N–H and O–H groups in total. The smallest absolute Gasteiger partial charge is 0.317 e. The summed E-state index contributed by atoms with van der Waals surface area (Å²) in [4.78, 5) is 14.5. The molecule has 0 radical (unpaired) electrons. The number of methoxy groups -OCH3 is 2. The molecule has 1 saturated heterocycles. The summed E-state index contributed by atoms with van der Waals surface area (Å²) in [5.74, 6) is 1.36. The molecule has 8 nitrogen and oxygen atoms in total. The molecule has 0 aliphatic carbocycles. The third-order valence-corrected chi connectivity index (χ3v) is 5.49. The number of nitrogens with one attached hydrogen (secondary N) is 1. The Kier molecular flexibility index (Phi) is 5.89. The van der Waals surface area contributed by atoms with Gasteiger partial charge >= 0.3 is 6.03 Å². The van der Waals surface area contributed by atoms with Gasteiger partial charge in [0.05, 0.1) is 38.3 Å². The highest BCUT2D eigenvalue weighted by Crippen LogP contribution is 2.32. The minimum absolute atomic E-state index is 0.0391. The largest absolute Gasteiger partial charge is 0.493 e. The highest BCUT2D eigenvalue weighted by Gasteiger charge is 2.23. The van der Waals surface area contributed by atoms with Crippen LogP contribution in [0.1, 0.15) is 25.0 Å². The molecule has 2 aliphatic heterocycles. The molecule has 1 atom stereocenters. The summed E-state index contributed by atoms with van der Waals surface area (Å²) in [6, 6.07) is 7.78. The zero-order valence-electron chi connectivity index (χ0n) is 17.0. The number of amides is 2. The number of carbonyl (C=O) groups is 1. The summed E-state index contributed by atoms with van der Waals surface area (Å²) in [5, 5.41) is 7.78. The van der Waals surface area contributed by atoms with E-state index in [9.17, 15) is 4.79 Å². The summed E-state index contributed by atoms with van der Waals surface area (Å²) < 4.78 is 18.3. The number of ether oxygens (including phenoxy) is 3. The maximum Gasteiger partial charge on any atom is 0.317 e. The molecule has 3 heterocycles. The van der Waals surface area contributed by atoms with Crippen molar-refractivity contribution < 1.29 is 19.0 Å². The van der Waals surface area contributed by atoms with E-state index >= 15 is 0 Å². The van der Waals surface area contributed by atoms with Crippen molar-refractivity contribution in [1.29, 1.82) is 0 Å². The van der Waals surface area contributed by atoms with E-state index in [2.05, 4.69) is 5.32 Å². The maximum absolute atomic E-state index is 12.6. The van der Waals surface area contributed by atoms with Crippen LogP contribution in [0.2, 0.25) is 0 Å². The first kappa shape index (κ1) is 19.6. The van der Waals surface area contributed by atoms with Crippen LogP contribution < -0.4 is 14.8 Å². The SMILES string of the molecule is COc1ccc(-c2cc3n(n2)CCCN(C(=O)NCC2CCCO2)C3)cc1OC. The summed E-state index contributed by atoms with van der Waals surface area (Å²) in [7, 11) is 3.24. The number of urea groups is 1. The van der Waals surface area contributed by atoms with Gasteiger partial charge in [0.15, 0.2) is 11.5 Å². The first-order valence-electron chi connectivity index (χ1n) is 10.1. The van der Waals surface area contributed by atoms with Gasteiger partial charge in [-0.1, -0.05) is 0 Å². The Balaban J connectivity index is 1.47. The number of benzene rings is 1. The predicted octanol–water partition coefficient (Wildman–Crippen LogP) is 2.66. The second-order valence-corrected chi connectivity index (χ2v) is 7.41. The molecule has 4 rings (SSSR count). The standard InChI is InChI=1S/C21H28N4O4/c1-27-19-7-6-15(11-20(19)28-2)18-12-16-14-24(8-4-9-25(16)23-18)21(26)22-13-17-5-3-10-29-17/h6-7,11-12,17H,3-5,8-10,13-14H2,1-2H3,(H,22,26). The third kappa shape index (κ3) is 4.32. The third-order valence-electron chi connectivity index (χ3n) is 5.49. The number of aryl methyl sites for hydroxylation is 1. The van der Waals surface area contributed by atoms with Crippen molar-refractivity contribution in [2.45, 2.75) is 38.5 Å². The van der Waals surface area contributed by atoms with Crippen molar-refractivity contribution in [1.82, 2.24) is 20.0 Å². The number of aromatic nitrogens is 2. The highest BCUT2D eigenvalue weighted by molar-refractivity contribution is 5.74. The molecule has 1 aromatic heterocycles. The molecule has 8 heteroatoms. The lowest BCUT2D eigenvalue weighted by atomic mass is 10.1. The monoisotopic (exact) mass is 400 g/mol. The number of fused-ring (bicyclic) bond motifs is 1. The van der Waals surface area contributed by atoms with Crippen molar-refractivity contribution in [3.63, 3.8) is 0 Å². The van der Waals surface area contributed by atoms with Gasteiger partial charge in [0, 0.05) is 31.8 Å². The van der Waals surface area contributed by atoms with E-state index in [-0.39, 0.29) is 12.1 Å². The van der Waals surface area contributed by atoms with Gasteiger partial charge in [-0.25, -0.2) is 4.79 Å². The van der Waals surface area contributed by atoms with Gasteiger partial charge in [0.25, 0.3) is 0 Å². The Hall–Kier alpha value is -2.74. The van der Waals surface area contributed by atoms with E-state index in [0.29, 0.717) is 31.1 Å². The van der Waals surface area contributed by atoms with E-state index in [0.717, 1.165) is 49.4 Å². The van der Waals surface area contributed by atoms with E-state index in [1.54, 1.807) is 14.2 Å². The number of rotatable bonds is 5. The first-order chi connectivity index (χ1) is 14.2. The molecule has 2 aromatic rings. The number of hydrogen-bond donors (Lipinski definition) is 1. The molecular formula is C21H28N4O4. The van der Waals surface area contributed by atoms with Gasteiger partial charge < -0.3 is 24.4 Å². The van der Waals surface area contributed by atoms with Crippen LogP contribution in [-0.2, 0) is 17.8 Å². The summed E-state index contributed by atoms with van der Waals surface area (Å²) >= 11 is 0. The fourth-order valence-corrected chi connectivity index (χ4v) is 3.89. The quantitative estimate of drug-likeness (QED) is 0.835. The Morgan fingerprint density at radius 1 is 1.21 bits per heavy atom. The molecule has 0 bridgehead atoms. The lowest BCUT2D eigenvalue weighted by Crippen LogP contribution is -2.42. The fraction of sp³-hybridized carbons (Fsp3) is 0.524. The minimum Gasteiger partial charge on any atom is -0.493 e. The average molecular weight is 400 g/mol. The summed E-state index contributed by atoms with van der Waals surface area (Å²) in [6.45, 7) is 3.41. The van der Waals surface area contributed by atoms with E-state index in [4.69, 9.17) is 19.3 Å². The van der Waals surface area contributed by atoms with Gasteiger partial charge in [-0.3, -0.25) is 4.68 Å². The van der Waals surface area contributed by atoms with Crippen LogP contribution in [0.4, 0.5) is 4.79 Å². The van der Waals surface area contributed by atoms with E-state index in [1.807, 2.05) is 33.8 Å². The molecule has 1 fully saturated rings. The van der Waals surface area contributed by atoms with Crippen molar-refractivity contribution >= 4 is 6.03 Å². The van der Waals surface area contributed by atoms with Crippen molar-refractivity contribution in [2.24, 2.45) is 0 Å².